The van der Waals surface area contributed by atoms with Gasteiger partial charge in [-0.1, -0.05) is 31.4 Å². The maximum atomic E-state index is 11.6. The number of nitrogens with zero attached hydrogens (tertiary/aromatic N) is 1. The molecule has 0 aromatic rings. The number of amides is 1. The van der Waals surface area contributed by atoms with Gasteiger partial charge in [0.2, 0.25) is 5.91 Å². The summed E-state index contributed by atoms with van der Waals surface area (Å²) in [5.74, 6) is 0.361. The van der Waals surface area contributed by atoms with E-state index in [1.165, 1.54) is 32.1 Å². The Kier molecular flexibility index (Phi) is 3.22. The molecular weight excluding hydrogens is 174 g/mol. The fourth-order valence-corrected chi connectivity index (χ4v) is 2.07. The van der Waals surface area contributed by atoms with Crippen LogP contribution in [0.5, 0.6) is 0 Å². The largest absolute Gasteiger partial charge is 0.332 e. The molecule has 1 saturated heterocycles. The van der Waals surface area contributed by atoms with Crippen molar-refractivity contribution in [2.75, 3.05) is 6.54 Å². The minimum Gasteiger partial charge on any atom is -0.332 e. The van der Waals surface area contributed by atoms with Crippen LogP contribution in [-0.2, 0) is 4.79 Å². The Morgan fingerprint density at radius 1 is 1.14 bits per heavy atom. The zero-order valence-electron chi connectivity index (χ0n) is 8.74. The van der Waals surface area contributed by atoms with Crippen LogP contribution in [0.25, 0.3) is 0 Å². The highest BCUT2D eigenvalue weighted by Crippen LogP contribution is 2.22. The van der Waals surface area contributed by atoms with Crippen LogP contribution in [0.4, 0.5) is 0 Å². The number of hydrogen-bond donors (Lipinski definition) is 0. The average Bonchev–Trinajstić information content (AvgIpc) is 2.92. The van der Waals surface area contributed by atoms with Crippen molar-refractivity contribution in [1.29, 1.82) is 0 Å². The summed E-state index contributed by atoms with van der Waals surface area (Å²) in [6, 6.07) is 0.446. The molecule has 2 aliphatic heterocycles. The molecule has 0 N–H and O–H groups in total. The second-order valence-electron chi connectivity index (χ2n) is 4.35. The Hall–Kier alpha value is -0.790. The second-order valence-corrected chi connectivity index (χ2v) is 4.35. The van der Waals surface area contributed by atoms with Gasteiger partial charge in [-0.2, -0.15) is 0 Å². The monoisotopic (exact) mass is 193 g/mol. The van der Waals surface area contributed by atoms with Crippen LogP contribution in [0.3, 0.4) is 0 Å². The van der Waals surface area contributed by atoms with Gasteiger partial charge in [0.15, 0.2) is 0 Å². The summed E-state index contributed by atoms with van der Waals surface area (Å²) in [4.78, 5) is 13.5. The molecule has 0 bridgehead atoms. The molecule has 0 saturated carbocycles. The van der Waals surface area contributed by atoms with Crippen LogP contribution in [0.15, 0.2) is 12.2 Å². The molecule has 0 radical (unpaired) electrons. The summed E-state index contributed by atoms with van der Waals surface area (Å²) in [7, 11) is 0. The lowest BCUT2D eigenvalue weighted by molar-refractivity contribution is -0.126. The number of allylic oxidation sites excluding steroid dienone is 1. The molecule has 0 spiro atoms. The van der Waals surface area contributed by atoms with Gasteiger partial charge in [-0.15, -0.1) is 0 Å². The van der Waals surface area contributed by atoms with Crippen molar-refractivity contribution < 1.29 is 4.79 Å². The molecule has 2 aliphatic rings. The van der Waals surface area contributed by atoms with Gasteiger partial charge in [0.05, 0.1) is 6.04 Å². The lowest BCUT2D eigenvalue weighted by Crippen LogP contribution is -2.12. The first kappa shape index (κ1) is 9.75. The molecule has 1 fully saturated rings. The van der Waals surface area contributed by atoms with Gasteiger partial charge in [-0.25, -0.2) is 0 Å². The second kappa shape index (κ2) is 4.63. The first-order valence-corrected chi connectivity index (χ1v) is 5.84. The van der Waals surface area contributed by atoms with E-state index in [0.717, 1.165) is 19.4 Å². The van der Waals surface area contributed by atoms with Crippen molar-refractivity contribution in [1.82, 2.24) is 4.90 Å². The van der Waals surface area contributed by atoms with Gasteiger partial charge in [0.25, 0.3) is 0 Å². The summed E-state index contributed by atoms with van der Waals surface area (Å²) >= 11 is 0. The highest BCUT2D eigenvalue weighted by Gasteiger charge is 2.35. The Morgan fingerprint density at radius 3 is 2.86 bits per heavy atom. The van der Waals surface area contributed by atoms with E-state index in [-0.39, 0.29) is 0 Å². The molecule has 2 rings (SSSR count). The molecule has 2 heterocycles. The minimum atomic E-state index is 0.361. The molecule has 14 heavy (non-hydrogen) atoms. The molecule has 0 aliphatic carbocycles. The highest BCUT2D eigenvalue weighted by molar-refractivity contribution is 5.79. The van der Waals surface area contributed by atoms with Gasteiger partial charge in [-0.3, -0.25) is 4.79 Å². The minimum absolute atomic E-state index is 0.361. The van der Waals surface area contributed by atoms with Crippen molar-refractivity contribution in [3.8, 4) is 0 Å². The first-order chi connectivity index (χ1) is 6.88. The molecule has 2 heteroatoms. The van der Waals surface area contributed by atoms with Crippen molar-refractivity contribution in [2.24, 2.45) is 0 Å². The third-order valence-electron chi connectivity index (χ3n) is 3.09. The summed E-state index contributed by atoms with van der Waals surface area (Å²) < 4.78 is 0. The van der Waals surface area contributed by atoms with E-state index in [1.807, 2.05) is 4.90 Å². The van der Waals surface area contributed by atoms with E-state index in [9.17, 15) is 4.79 Å². The van der Waals surface area contributed by atoms with Gasteiger partial charge in [0.1, 0.15) is 0 Å². The average molecular weight is 193 g/mol. The van der Waals surface area contributed by atoms with Crippen molar-refractivity contribution in [3.63, 3.8) is 0 Å². The van der Waals surface area contributed by atoms with Crippen LogP contribution in [0.2, 0.25) is 0 Å². The summed E-state index contributed by atoms with van der Waals surface area (Å²) in [6.45, 7) is 0.968. The smallest absolute Gasteiger partial charge is 0.223 e. The molecule has 2 nitrogen and oxygen atoms in total. The summed E-state index contributed by atoms with van der Waals surface area (Å²) in [6.07, 6.45) is 12.7. The van der Waals surface area contributed by atoms with Crippen LogP contribution in [0.1, 0.15) is 44.9 Å². The van der Waals surface area contributed by atoms with Gasteiger partial charge >= 0.3 is 0 Å². The first-order valence-electron chi connectivity index (χ1n) is 5.84. The molecule has 1 unspecified atom stereocenters. The van der Waals surface area contributed by atoms with Gasteiger partial charge < -0.3 is 4.90 Å². The predicted molar refractivity (Wildman–Crippen MR) is 57.0 cm³/mol. The number of hydrogen-bond acceptors (Lipinski definition) is 1. The Morgan fingerprint density at radius 2 is 1.93 bits per heavy atom. The molecule has 0 aromatic carbocycles. The lowest BCUT2D eigenvalue weighted by atomic mass is 10.1. The van der Waals surface area contributed by atoms with Crippen molar-refractivity contribution in [3.05, 3.63) is 12.2 Å². The predicted octanol–water partition coefficient (Wildman–Crippen LogP) is 2.50. The number of fused-ring (bicyclic) bond motifs is 1. The van der Waals surface area contributed by atoms with E-state index >= 15 is 0 Å². The van der Waals surface area contributed by atoms with E-state index in [2.05, 4.69) is 12.2 Å². The third-order valence-corrected chi connectivity index (χ3v) is 3.09. The molecule has 0 aromatic heterocycles. The van der Waals surface area contributed by atoms with Crippen molar-refractivity contribution >= 4 is 5.91 Å². The standard InChI is InChI=1S/C12H19NO/c14-12-9-7-5-3-1-2-4-6-8-11-10-13(11)12/h6,8,11H,1-5,7,9-10H2. The molecule has 78 valence electrons. The highest BCUT2D eigenvalue weighted by atomic mass is 16.2. The fraction of sp³-hybridized carbons (Fsp3) is 0.750. The Labute approximate surface area is 86.0 Å². The molecule has 1 amide bonds. The third kappa shape index (κ3) is 2.60. The zero-order valence-corrected chi connectivity index (χ0v) is 8.74. The molecule has 1 atom stereocenters. The van der Waals surface area contributed by atoms with Crippen LogP contribution in [-0.4, -0.2) is 23.4 Å². The van der Waals surface area contributed by atoms with Crippen LogP contribution < -0.4 is 0 Å². The van der Waals surface area contributed by atoms with Gasteiger partial charge in [-0.05, 0) is 19.3 Å². The number of carbonyl (C=O) groups excluding carboxylic acids is 1. The summed E-state index contributed by atoms with van der Waals surface area (Å²) in [5.41, 5.74) is 0. The summed E-state index contributed by atoms with van der Waals surface area (Å²) in [5, 5.41) is 0. The maximum absolute atomic E-state index is 11.6. The van der Waals surface area contributed by atoms with E-state index in [1.54, 1.807) is 0 Å². The fourth-order valence-electron chi connectivity index (χ4n) is 2.07. The van der Waals surface area contributed by atoms with E-state index in [4.69, 9.17) is 0 Å². The lowest BCUT2D eigenvalue weighted by Gasteiger charge is -2.04. The number of rotatable bonds is 0. The Bertz CT molecular complexity index is 234. The van der Waals surface area contributed by atoms with Gasteiger partial charge in [0, 0.05) is 13.0 Å². The SMILES string of the molecule is O=C1CCCCCCCC=CC2CN12. The number of carbonyl (C=O) groups is 1. The van der Waals surface area contributed by atoms with Crippen LogP contribution in [0, 0.1) is 0 Å². The zero-order chi connectivity index (χ0) is 9.80. The quantitative estimate of drug-likeness (QED) is 0.427. The van der Waals surface area contributed by atoms with Crippen LogP contribution >= 0.6 is 0 Å². The van der Waals surface area contributed by atoms with E-state index < -0.39 is 0 Å². The maximum Gasteiger partial charge on any atom is 0.223 e. The van der Waals surface area contributed by atoms with Crippen molar-refractivity contribution in [2.45, 2.75) is 51.0 Å². The topological polar surface area (TPSA) is 20.1 Å². The van der Waals surface area contributed by atoms with E-state index in [0.29, 0.717) is 11.9 Å². The molecular formula is C12H19NO. The Balaban J connectivity index is 1.85. The normalized spacial score (nSPS) is 29.0.